The van der Waals surface area contributed by atoms with Crippen molar-refractivity contribution in [3.05, 3.63) is 59.4 Å². The monoisotopic (exact) mass is 321 g/mol. The van der Waals surface area contributed by atoms with Gasteiger partial charge in [0.25, 0.3) is 0 Å². The van der Waals surface area contributed by atoms with E-state index in [1.54, 1.807) is 12.1 Å². The van der Waals surface area contributed by atoms with E-state index in [2.05, 4.69) is 0 Å². The minimum Gasteiger partial charge on any atom is -0.489 e. The first kappa shape index (κ1) is 14.8. The van der Waals surface area contributed by atoms with E-state index < -0.39 is 15.8 Å². The molecule has 0 aromatic heterocycles. The third-order valence-electron chi connectivity index (χ3n) is 3.55. The van der Waals surface area contributed by atoms with Crippen LogP contribution in [0, 0.1) is 12.7 Å². The van der Waals surface area contributed by atoms with E-state index in [0.717, 1.165) is 5.56 Å². The summed E-state index contributed by atoms with van der Waals surface area (Å²) in [6, 6.07) is 11.2. The fraction of sp³-hybridized carbons (Fsp3) is 0.250. The van der Waals surface area contributed by atoms with Gasteiger partial charge < -0.3 is 4.74 Å². The molecule has 0 saturated carbocycles. The minimum absolute atomic E-state index is 0.122. The second-order valence-corrected chi connectivity index (χ2v) is 7.17. The molecule has 116 valence electrons. The van der Waals surface area contributed by atoms with E-state index in [1.165, 1.54) is 22.5 Å². The van der Waals surface area contributed by atoms with Crippen LogP contribution in [0.4, 0.5) is 10.1 Å². The fourth-order valence-electron chi connectivity index (χ4n) is 2.43. The summed E-state index contributed by atoms with van der Waals surface area (Å²) in [5.41, 5.74) is 2.04. The van der Waals surface area contributed by atoms with Gasteiger partial charge in [0.2, 0.25) is 10.0 Å². The van der Waals surface area contributed by atoms with E-state index >= 15 is 0 Å². The molecule has 0 saturated heterocycles. The van der Waals surface area contributed by atoms with Gasteiger partial charge in [-0.05, 0) is 24.6 Å². The van der Waals surface area contributed by atoms with Crippen molar-refractivity contribution in [2.45, 2.75) is 12.7 Å². The van der Waals surface area contributed by atoms with E-state index in [9.17, 15) is 12.8 Å². The number of aryl methyl sites for hydroxylation is 1. The minimum atomic E-state index is -3.59. The second-order valence-electron chi connectivity index (χ2n) is 5.27. The Morgan fingerprint density at radius 3 is 2.64 bits per heavy atom. The predicted molar refractivity (Wildman–Crippen MR) is 83.0 cm³/mol. The molecule has 1 aliphatic heterocycles. The quantitative estimate of drug-likeness (QED) is 0.873. The molecule has 0 radical (unpaired) electrons. The van der Waals surface area contributed by atoms with Gasteiger partial charge in [0.15, 0.2) is 0 Å². The van der Waals surface area contributed by atoms with Crippen molar-refractivity contribution >= 4 is 15.7 Å². The first-order chi connectivity index (χ1) is 10.5. The number of hydrogen-bond acceptors (Lipinski definition) is 3. The third kappa shape index (κ3) is 2.92. The lowest BCUT2D eigenvalue weighted by Crippen LogP contribution is -2.38. The van der Waals surface area contributed by atoms with Gasteiger partial charge in [-0.3, -0.25) is 4.31 Å². The molecular weight excluding hydrogens is 305 g/mol. The Morgan fingerprint density at radius 1 is 1.18 bits per heavy atom. The molecule has 0 fully saturated rings. The summed E-state index contributed by atoms with van der Waals surface area (Å²) in [6.45, 7) is 2.38. The average molecular weight is 321 g/mol. The average Bonchev–Trinajstić information content (AvgIpc) is 2.48. The van der Waals surface area contributed by atoms with Gasteiger partial charge in [0.05, 0.1) is 18.0 Å². The molecule has 4 nitrogen and oxygen atoms in total. The highest BCUT2D eigenvalue weighted by molar-refractivity contribution is 7.92. The largest absolute Gasteiger partial charge is 0.489 e. The van der Waals surface area contributed by atoms with Crippen LogP contribution in [-0.2, 0) is 15.8 Å². The standard InChI is InChI=1S/C16H16FNO3S/c1-12-2-4-13(5-3-12)11-22(19,20)18-8-9-21-16-7-6-14(17)10-15(16)18/h2-7,10H,8-9,11H2,1H3. The molecular formula is C16H16FNO3S. The smallest absolute Gasteiger partial charge is 0.239 e. The highest BCUT2D eigenvalue weighted by atomic mass is 32.2. The number of benzene rings is 2. The number of anilines is 1. The number of rotatable bonds is 3. The van der Waals surface area contributed by atoms with E-state index in [1.807, 2.05) is 19.1 Å². The Hall–Kier alpha value is -2.08. The molecule has 3 rings (SSSR count). The van der Waals surface area contributed by atoms with Crippen LogP contribution in [-0.4, -0.2) is 21.6 Å². The van der Waals surface area contributed by atoms with Crippen molar-refractivity contribution in [3.8, 4) is 5.75 Å². The second kappa shape index (κ2) is 5.61. The summed E-state index contributed by atoms with van der Waals surface area (Å²) in [4.78, 5) is 0. The van der Waals surface area contributed by atoms with Gasteiger partial charge in [-0.1, -0.05) is 29.8 Å². The van der Waals surface area contributed by atoms with Crippen molar-refractivity contribution in [2.75, 3.05) is 17.5 Å². The highest BCUT2D eigenvalue weighted by Gasteiger charge is 2.29. The molecule has 0 bridgehead atoms. The van der Waals surface area contributed by atoms with Crippen molar-refractivity contribution in [2.24, 2.45) is 0 Å². The number of fused-ring (bicyclic) bond motifs is 1. The zero-order chi connectivity index (χ0) is 15.7. The van der Waals surface area contributed by atoms with Crippen LogP contribution < -0.4 is 9.04 Å². The lowest BCUT2D eigenvalue weighted by atomic mass is 10.2. The van der Waals surface area contributed by atoms with Crippen LogP contribution in [0.3, 0.4) is 0 Å². The van der Waals surface area contributed by atoms with Crippen molar-refractivity contribution in [3.63, 3.8) is 0 Å². The molecule has 2 aromatic carbocycles. The number of nitrogens with zero attached hydrogens (tertiary/aromatic N) is 1. The van der Waals surface area contributed by atoms with Gasteiger partial charge in [-0.15, -0.1) is 0 Å². The zero-order valence-corrected chi connectivity index (χ0v) is 12.9. The maximum atomic E-state index is 13.5. The molecule has 6 heteroatoms. The zero-order valence-electron chi connectivity index (χ0n) is 12.1. The summed E-state index contributed by atoms with van der Waals surface area (Å²) < 4.78 is 45.4. The van der Waals surface area contributed by atoms with Crippen LogP contribution in [0.5, 0.6) is 5.75 Å². The molecule has 2 aromatic rings. The molecule has 0 atom stereocenters. The maximum absolute atomic E-state index is 13.5. The molecule has 0 aliphatic carbocycles. The summed E-state index contributed by atoms with van der Waals surface area (Å²) in [7, 11) is -3.59. The lowest BCUT2D eigenvalue weighted by molar-refractivity contribution is 0.315. The molecule has 22 heavy (non-hydrogen) atoms. The Labute approximate surface area is 129 Å². The predicted octanol–water partition coefficient (Wildman–Crippen LogP) is 2.86. The van der Waals surface area contributed by atoms with Crippen LogP contribution in [0.1, 0.15) is 11.1 Å². The molecule has 1 heterocycles. The third-order valence-corrected chi connectivity index (χ3v) is 5.30. The van der Waals surface area contributed by atoms with Gasteiger partial charge in [0, 0.05) is 6.07 Å². The summed E-state index contributed by atoms with van der Waals surface area (Å²) in [5, 5.41) is 0. The van der Waals surface area contributed by atoms with Crippen molar-refractivity contribution < 1.29 is 17.5 Å². The van der Waals surface area contributed by atoms with Crippen molar-refractivity contribution in [1.29, 1.82) is 0 Å². The summed E-state index contributed by atoms with van der Waals surface area (Å²) in [5.74, 6) is -0.219. The van der Waals surface area contributed by atoms with Crippen LogP contribution >= 0.6 is 0 Å². The van der Waals surface area contributed by atoms with Crippen molar-refractivity contribution in [1.82, 2.24) is 0 Å². The fourth-order valence-corrected chi connectivity index (χ4v) is 3.99. The number of ether oxygens (including phenoxy) is 1. The molecule has 0 spiro atoms. The van der Waals surface area contributed by atoms with Crippen LogP contribution in [0.25, 0.3) is 0 Å². The SMILES string of the molecule is Cc1ccc(CS(=O)(=O)N2CCOc3ccc(F)cc32)cc1. The topological polar surface area (TPSA) is 46.6 Å². The Bertz CT molecular complexity index is 788. The van der Waals surface area contributed by atoms with E-state index in [-0.39, 0.29) is 24.6 Å². The Balaban J connectivity index is 1.93. The van der Waals surface area contributed by atoms with Gasteiger partial charge in [0.1, 0.15) is 18.2 Å². The number of halogens is 1. The first-order valence-electron chi connectivity index (χ1n) is 6.94. The maximum Gasteiger partial charge on any atom is 0.239 e. The van der Waals surface area contributed by atoms with Gasteiger partial charge >= 0.3 is 0 Å². The van der Waals surface area contributed by atoms with E-state index in [0.29, 0.717) is 11.3 Å². The normalized spacial score (nSPS) is 14.4. The van der Waals surface area contributed by atoms with Gasteiger partial charge in [-0.25, -0.2) is 12.8 Å². The Morgan fingerprint density at radius 2 is 1.91 bits per heavy atom. The van der Waals surface area contributed by atoms with Crippen LogP contribution in [0.2, 0.25) is 0 Å². The first-order valence-corrected chi connectivity index (χ1v) is 8.55. The van der Waals surface area contributed by atoms with Gasteiger partial charge in [-0.2, -0.15) is 0 Å². The number of sulfonamides is 1. The summed E-state index contributed by atoms with van der Waals surface area (Å²) >= 11 is 0. The highest BCUT2D eigenvalue weighted by Crippen LogP contribution is 2.34. The Kier molecular flexibility index (Phi) is 3.78. The van der Waals surface area contributed by atoms with Crippen LogP contribution in [0.15, 0.2) is 42.5 Å². The molecule has 0 unspecified atom stereocenters. The van der Waals surface area contributed by atoms with E-state index in [4.69, 9.17) is 4.74 Å². The summed E-state index contributed by atoms with van der Waals surface area (Å²) in [6.07, 6.45) is 0. The molecule has 1 aliphatic rings. The number of hydrogen-bond donors (Lipinski definition) is 0. The molecule has 0 amide bonds. The molecule has 0 N–H and O–H groups in total. The lowest BCUT2D eigenvalue weighted by Gasteiger charge is -2.30.